The predicted molar refractivity (Wildman–Crippen MR) is 185 cm³/mol. The van der Waals surface area contributed by atoms with Gasteiger partial charge in [0.1, 0.15) is 5.82 Å². The summed E-state index contributed by atoms with van der Waals surface area (Å²) in [5.41, 5.74) is 4.55. The first-order valence-corrected chi connectivity index (χ1v) is 19.5. The fourth-order valence-corrected chi connectivity index (χ4v) is 10.4. The van der Waals surface area contributed by atoms with Crippen molar-refractivity contribution in [3.8, 4) is 11.3 Å². The Balaban J connectivity index is 1.28. The smallest absolute Gasteiger partial charge is 0.264 e. The van der Waals surface area contributed by atoms with Crippen LogP contribution in [0.15, 0.2) is 36.4 Å². The van der Waals surface area contributed by atoms with Crippen LogP contribution in [0.5, 0.6) is 0 Å². The molecule has 2 amide bonds. The maximum absolute atomic E-state index is 15.1. The minimum Gasteiger partial charge on any atom is -0.339 e. The Morgan fingerprint density at radius 3 is 2.54 bits per heavy atom. The second-order valence-corrected chi connectivity index (χ2v) is 17.8. The highest BCUT2D eigenvalue weighted by atomic mass is 32.2. The van der Waals surface area contributed by atoms with E-state index in [1.165, 1.54) is 18.1 Å². The number of nitrogens with zero attached hydrogens (tertiary/aromatic N) is 3. The molecule has 1 N–H and O–H groups in total. The lowest BCUT2D eigenvalue weighted by Gasteiger charge is -2.32. The van der Waals surface area contributed by atoms with Crippen LogP contribution < -0.4 is 4.72 Å². The van der Waals surface area contributed by atoms with Crippen LogP contribution in [-0.2, 0) is 21.4 Å². The zero-order valence-electron chi connectivity index (χ0n) is 28.4. The SMILES string of the molecule is CCN(C)CC1CCCN1C(=O)[C@]12C[C@H]1c1cc(F)ccc1-c1c(C3CCCCC3)c3ccc(C(=O)NS(=O)(=O)C4(C)CC4)cc3n1C2. The Hall–Kier alpha value is -3.24. The van der Waals surface area contributed by atoms with Gasteiger partial charge in [0.05, 0.1) is 15.9 Å². The molecule has 3 atom stereocenters. The molecule has 1 aromatic heterocycles. The number of carbonyl (C=O) groups excluding carboxylic acids is 2. The summed E-state index contributed by atoms with van der Waals surface area (Å²) in [7, 11) is -1.71. The van der Waals surface area contributed by atoms with Crippen LogP contribution in [-0.4, -0.2) is 72.1 Å². The molecule has 4 fully saturated rings. The Kier molecular flexibility index (Phi) is 7.60. The lowest BCUT2D eigenvalue weighted by atomic mass is 9.81. The highest BCUT2D eigenvalue weighted by Crippen LogP contribution is 2.66. The van der Waals surface area contributed by atoms with Crippen LogP contribution >= 0.6 is 0 Å². The van der Waals surface area contributed by atoms with Crippen LogP contribution in [0.4, 0.5) is 4.39 Å². The number of nitrogens with one attached hydrogen (secondary N) is 1. The predicted octanol–water partition coefficient (Wildman–Crippen LogP) is 6.54. The van der Waals surface area contributed by atoms with Crippen molar-refractivity contribution in [2.24, 2.45) is 5.41 Å². The van der Waals surface area contributed by atoms with Gasteiger partial charge in [-0.1, -0.05) is 32.3 Å². The van der Waals surface area contributed by atoms with Gasteiger partial charge in [0.2, 0.25) is 15.9 Å². The molecule has 0 spiro atoms. The zero-order chi connectivity index (χ0) is 33.6. The molecule has 8 nitrogen and oxygen atoms in total. The number of likely N-dealkylation sites (tertiary alicyclic amines) is 1. The Morgan fingerprint density at radius 1 is 1.04 bits per heavy atom. The van der Waals surface area contributed by atoms with Crippen LogP contribution in [0.3, 0.4) is 0 Å². The Bertz CT molecular complexity index is 1930. The summed E-state index contributed by atoms with van der Waals surface area (Å²) in [6, 6.07) is 10.8. The average Bonchev–Trinajstić information content (AvgIpc) is 3.93. The second-order valence-electron chi connectivity index (χ2n) is 15.6. The van der Waals surface area contributed by atoms with Crippen molar-refractivity contribution < 1.29 is 22.4 Å². The quantitative estimate of drug-likeness (QED) is 0.293. The fraction of sp³-hybridized carbons (Fsp3) is 0.579. The molecule has 3 heterocycles. The van der Waals surface area contributed by atoms with E-state index in [4.69, 9.17) is 0 Å². The topological polar surface area (TPSA) is 91.7 Å². The minimum absolute atomic E-state index is 0.0917. The van der Waals surface area contributed by atoms with E-state index in [0.29, 0.717) is 31.7 Å². The summed E-state index contributed by atoms with van der Waals surface area (Å²) in [4.78, 5) is 32.7. The van der Waals surface area contributed by atoms with E-state index in [1.54, 1.807) is 19.1 Å². The molecule has 3 saturated carbocycles. The molecule has 8 rings (SSSR count). The maximum Gasteiger partial charge on any atom is 0.264 e. The van der Waals surface area contributed by atoms with E-state index in [0.717, 1.165) is 85.9 Å². The van der Waals surface area contributed by atoms with Gasteiger partial charge in [-0.05, 0) is 113 Å². The Morgan fingerprint density at radius 2 is 1.81 bits per heavy atom. The summed E-state index contributed by atoms with van der Waals surface area (Å²) in [6.07, 6.45) is 9.26. The number of hydrogen-bond acceptors (Lipinski definition) is 5. The summed E-state index contributed by atoms with van der Waals surface area (Å²) in [5, 5.41) is 1.03. The monoisotopic (exact) mass is 674 g/mol. The van der Waals surface area contributed by atoms with Crippen molar-refractivity contribution in [3.05, 3.63) is 58.9 Å². The van der Waals surface area contributed by atoms with Gasteiger partial charge in [0, 0.05) is 53.6 Å². The molecule has 10 heteroatoms. The number of rotatable bonds is 8. The summed E-state index contributed by atoms with van der Waals surface area (Å²) >= 11 is 0. The van der Waals surface area contributed by atoms with Gasteiger partial charge in [-0.2, -0.15) is 0 Å². The van der Waals surface area contributed by atoms with Crippen LogP contribution in [0.2, 0.25) is 0 Å². The van der Waals surface area contributed by atoms with Crippen molar-refractivity contribution in [1.82, 2.24) is 19.1 Å². The lowest BCUT2D eigenvalue weighted by molar-refractivity contribution is -0.138. The molecule has 256 valence electrons. The van der Waals surface area contributed by atoms with Crippen LogP contribution in [0, 0.1) is 11.2 Å². The van der Waals surface area contributed by atoms with Crippen molar-refractivity contribution in [1.29, 1.82) is 0 Å². The van der Waals surface area contributed by atoms with Crippen LogP contribution in [0.25, 0.3) is 22.2 Å². The van der Waals surface area contributed by atoms with Gasteiger partial charge in [-0.15, -0.1) is 0 Å². The first-order valence-electron chi connectivity index (χ1n) is 18.0. The number of halogens is 1. The van der Waals surface area contributed by atoms with E-state index in [9.17, 15) is 18.0 Å². The third kappa shape index (κ3) is 5.03. The van der Waals surface area contributed by atoms with Crippen LogP contribution in [0.1, 0.15) is 111 Å². The van der Waals surface area contributed by atoms with Gasteiger partial charge in [0.25, 0.3) is 5.91 Å². The number of fused-ring (bicyclic) bond motifs is 7. The molecule has 2 aromatic carbocycles. The summed E-state index contributed by atoms with van der Waals surface area (Å²) < 4.78 is 44.8. The minimum atomic E-state index is -3.81. The van der Waals surface area contributed by atoms with E-state index in [2.05, 4.69) is 33.1 Å². The van der Waals surface area contributed by atoms with Gasteiger partial charge in [-0.25, -0.2) is 17.5 Å². The van der Waals surface area contributed by atoms with Crippen molar-refractivity contribution in [2.75, 3.05) is 26.7 Å². The number of aromatic nitrogens is 1. The fourth-order valence-electron chi connectivity index (χ4n) is 9.10. The molecular formula is C38H47FN4O4S. The van der Waals surface area contributed by atoms with Gasteiger partial charge in [0.15, 0.2) is 0 Å². The molecule has 2 aliphatic heterocycles. The van der Waals surface area contributed by atoms with Crippen molar-refractivity contribution >= 4 is 32.7 Å². The van der Waals surface area contributed by atoms with E-state index >= 15 is 4.39 Å². The van der Waals surface area contributed by atoms with Crippen molar-refractivity contribution in [3.63, 3.8) is 0 Å². The van der Waals surface area contributed by atoms with Gasteiger partial charge in [-0.3, -0.25) is 9.59 Å². The molecule has 3 aromatic rings. The van der Waals surface area contributed by atoms with Crippen molar-refractivity contribution in [2.45, 2.75) is 107 Å². The molecule has 1 unspecified atom stereocenters. The highest BCUT2D eigenvalue weighted by molar-refractivity contribution is 7.91. The number of hydrogen-bond donors (Lipinski definition) is 1. The number of sulfonamides is 1. The summed E-state index contributed by atoms with van der Waals surface area (Å²) in [5.74, 6) is -0.559. The zero-order valence-corrected chi connectivity index (χ0v) is 29.2. The lowest BCUT2D eigenvalue weighted by Crippen LogP contribution is -2.46. The van der Waals surface area contributed by atoms with E-state index < -0.39 is 26.1 Å². The standard InChI is InChI=1S/C38H47FN4O4S/c1-4-41(3)22-27-11-8-18-42(27)36(45)38-21-31(38)30-20-26(39)13-15-28(30)34-33(24-9-6-5-7-10-24)29-14-12-25(19-32(29)43(34)23-38)35(44)40-48(46,47)37(2)16-17-37/h12-15,19-20,24,27,31H,4-11,16-18,21-23H2,1-3H3,(H,40,44)/t27?,31-,38-/m0/s1. The third-order valence-electron chi connectivity index (χ3n) is 12.5. The van der Waals surface area contributed by atoms with E-state index in [1.807, 2.05) is 18.2 Å². The number of amides is 2. The molecule has 0 bridgehead atoms. The van der Waals surface area contributed by atoms with E-state index in [-0.39, 0.29) is 29.2 Å². The largest absolute Gasteiger partial charge is 0.339 e. The number of carbonyl (C=O) groups is 2. The number of benzene rings is 2. The normalized spacial score (nSPS) is 26.1. The van der Waals surface area contributed by atoms with Gasteiger partial charge < -0.3 is 14.4 Å². The Labute approximate surface area is 283 Å². The average molecular weight is 675 g/mol. The molecular weight excluding hydrogens is 628 g/mol. The molecule has 1 saturated heterocycles. The highest BCUT2D eigenvalue weighted by Gasteiger charge is 2.64. The molecule has 5 aliphatic rings. The number of likely N-dealkylation sites (N-methyl/N-ethyl adjacent to an activating group) is 1. The molecule has 0 radical (unpaired) electrons. The van der Waals surface area contributed by atoms with Gasteiger partial charge >= 0.3 is 0 Å². The molecule has 48 heavy (non-hydrogen) atoms. The first kappa shape index (κ1) is 32.0. The second kappa shape index (κ2) is 11.4. The maximum atomic E-state index is 15.1. The first-order chi connectivity index (χ1) is 23.0. The molecule has 3 aliphatic carbocycles. The third-order valence-corrected chi connectivity index (χ3v) is 14.7. The summed E-state index contributed by atoms with van der Waals surface area (Å²) in [6.45, 7) is 6.72.